The summed E-state index contributed by atoms with van der Waals surface area (Å²) in [4.78, 5) is 38.0. The van der Waals surface area contributed by atoms with Crippen LogP contribution in [-0.4, -0.2) is 54.8 Å². The molecule has 0 radical (unpaired) electrons. The summed E-state index contributed by atoms with van der Waals surface area (Å²) in [6.07, 6.45) is 0.973. The number of Topliss-reactive ketones (excluding diaryl/α,β-unsaturated/α-hetero) is 1. The molecule has 1 spiro atoms. The molecule has 0 N–H and O–H groups in total. The number of carbonyl (C=O) groups excluding carboxylic acids is 3. The van der Waals surface area contributed by atoms with Gasteiger partial charge >= 0.3 is 11.9 Å². The maximum absolute atomic E-state index is 13.4. The zero-order valence-electron chi connectivity index (χ0n) is 17.9. The van der Waals surface area contributed by atoms with E-state index in [1.807, 2.05) is 19.9 Å². The van der Waals surface area contributed by atoms with E-state index in [-0.39, 0.29) is 23.5 Å². The van der Waals surface area contributed by atoms with Crippen molar-refractivity contribution in [2.45, 2.75) is 64.4 Å². The van der Waals surface area contributed by atoms with Crippen molar-refractivity contribution in [3.8, 4) is 0 Å². The Balaban J connectivity index is 1.82. The van der Waals surface area contributed by atoms with Crippen LogP contribution < -0.4 is 0 Å². The summed E-state index contributed by atoms with van der Waals surface area (Å²) in [6, 6.07) is 0. The van der Waals surface area contributed by atoms with Gasteiger partial charge in [-0.05, 0) is 33.6 Å². The normalized spacial score (nSPS) is 41.0. The maximum atomic E-state index is 13.4. The van der Waals surface area contributed by atoms with Gasteiger partial charge in [-0.15, -0.1) is 0 Å². The van der Waals surface area contributed by atoms with Gasteiger partial charge in [-0.25, -0.2) is 9.59 Å². The topological polar surface area (TPSA) is 91.4 Å². The first-order valence-electron chi connectivity index (χ1n) is 10.2. The number of ketones is 1. The molecule has 162 valence electrons. The highest BCUT2D eigenvalue weighted by Gasteiger charge is 2.86. The van der Waals surface area contributed by atoms with E-state index in [0.717, 1.165) is 12.0 Å². The highest BCUT2D eigenvalue weighted by molar-refractivity contribution is 5.98. The molecule has 2 heterocycles. The lowest BCUT2D eigenvalue weighted by Crippen LogP contribution is -2.66. The molecule has 2 bridgehead atoms. The summed E-state index contributed by atoms with van der Waals surface area (Å²) in [5.74, 6) is -1.45. The van der Waals surface area contributed by atoms with Gasteiger partial charge in [0, 0.05) is 16.6 Å². The zero-order valence-corrected chi connectivity index (χ0v) is 17.9. The highest BCUT2D eigenvalue weighted by atomic mass is 16.6. The van der Waals surface area contributed by atoms with Gasteiger partial charge < -0.3 is 18.9 Å². The summed E-state index contributed by atoms with van der Waals surface area (Å²) in [7, 11) is 0. The molecule has 1 saturated carbocycles. The molecule has 3 fully saturated rings. The molecule has 7 nitrogen and oxygen atoms in total. The number of allylic oxidation sites excluding steroid dienone is 1. The van der Waals surface area contributed by atoms with E-state index in [1.54, 1.807) is 6.92 Å². The Labute approximate surface area is 176 Å². The van der Waals surface area contributed by atoms with Gasteiger partial charge in [0.25, 0.3) is 0 Å². The van der Waals surface area contributed by atoms with Gasteiger partial charge in [-0.2, -0.15) is 0 Å². The number of hydrogen-bond acceptors (Lipinski definition) is 7. The fourth-order valence-corrected chi connectivity index (χ4v) is 5.47. The molecule has 7 heteroatoms. The van der Waals surface area contributed by atoms with Crippen molar-refractivity contribution in [1.82, 2.24) is 0 Å². The number of epoxide rings is 1. The second kappa shape index (κ2) is 6.62. The molecule has 0 aromatic rings. The molecule has 0 amide bonds. The highest BCUT2D eigenvalue weighted by Crippen LogP contribution is 2.71. The molecule has 4 rings (SSSR count). The Morgan fingerprint density at radius 1 is 1.23 bits per heavy atom. The molecule has 6 atom stereocenters. The van der Waals surface area contributed by atoms with E-state index >= 15 is 0 Å². The average Bonchev–Trinajstić information content (AvgIpc) is 3.47. The smallest absolute Gasteiger partial charge is 0.333 e. The van der Waals surface area contributed by atoms with Crippen molar-refractivity contribution < 1.29 is 33.3 Å². The number of esters is 2. The van der Waals surface area contributed by atoms with E-state index < -0.39 is 46.7 Å². The number of ether oxygens (including phenoxy) is 4. The van der Waals surface area contributed by atoms with Crippen LogP contribution in [0.3, 0.4) is 0 Å². The lowest BCUT2D eigenvalue weighted by Gasteiger charge is -2.57. The van der Waals surface area contributed by atoms with Crippen molar-refractivity contribution in [3.63, 3.8) is 0 Å². The van der Waals surface area contributed by atoms with E-state index in [2.05, 4.69) is 13.2 Å². The van der Waals surface area contributed by atoms with Crippen molar-refractivity contribution in [1.29, 1.82) is 0 Å². The van der Waals surface area contributed by atoms with Crippen molar-refractivity contribution in [2.75, 3.05) is 13.2 Å². The van der Waals surface area contributed by atoms with E-state index in [0.29, 0.717) is 13.0 Å². The van der Waals surface area contributed by atoms with Crippen LogP contribution in [0.25, 0.3) is 0 Å². The largest absolute Gasteiger partial charge is 0.462 e. The van der Waals surface area contributed by atoms with Crippen LogP contribution in [0.2, 0.25) is 0 Å². The first-order valence-corrected chi connectivity index (χ1v) is 10.2. The summed E-state index contributed by atoms with van der Waals surface area (Å²) < 4.78 is 23.5. The number of hydrogen-bond donors (Lipinski definition) is 0. The molecule has 30 heavy (non-hydrogen) atoms. The quantitative estimate of drug-likeness (QED) is 0.294. The lowest BCUT2D eigenvalue weighted by molar-refractivity contribution is -0.232. The third-order valence-electron chi connectivity index (χ3n) is 7.44. The Morgan fingerprint density at radius 2 is 1.87 bits per heavy atom. The third kappa shape index (κ3) is 2.54. The van der Waals surface area contributed by atoms with Crippen LogP contribution in [0.1, 0.15) is 40.5 Å². The summed E-state index contributed by atoms with van der Waals surface area (Å²) in [5.41, 5.74) is -0.983. The second-order valence-electron chi connectivity index (χ2n) is 9.31. The fraction of sp³-hybridized carbons (Fsp3) is 0.609. The van der Waals surface area contributed by atoms with Gasteiger partial charge in [0.15, 0.2) is 12.2 Å². The van der Waals surface area contributed by atoms with Crippen LogP contribution in [0.5, 0.6) is 0 Å². The lowest BCUT2D eigenvalue weighted by atomic mass is 9.51. The molecule has 0 aromatic heterocycles. The summed E-state index contributed by atoms with van der Waals surface area (Å²) in [6.45, 7) is 14.7. The predicted octanol–water partition coefficient (Wildman–Crippen LogP) is 2.45. The van der Waals surface area contributed by atoms with Crippen LogP contribution in [0.4, 0.5) is 0 Å². The third-order valence-corrected chi connectivity index (χ3v) is 7.44. The number of carbonyl (C=O) groups is 3. The van der Waals surface area contributed by atoms with Crippen molar-refractivity contribution >= 4 is 17.7 Å². The van der Waals surface area contributed by atoms with E-state index in [9.17, 15) is 14.4 Å². The second-order valence-corrected chi connectivity index (χ2v) is 9.31. The van der Waals surface area contributed by atoms with E-state index in [4.69, 9.17) is 18.9 Å². The molecule has 2 aliphatic heterocycles. The molecule has 4 aliphatic rings. The number of fused-ring (bicyclic) bond motifs is 2. The molecule has 2 aliphatic carbocycles. The fourth-order valence-electron chi connectivity index (χ4n) is 5.47. The first-order chi connectivity index (χ1) is 14.0. The van der Waals surface area contributed by atoms with Crippen molar-refractivity contribution in [3.05, 3.63) is 36.0 Å². The SMILES string of the molecule is C=C(C)C(=O)OC[C@@]12CCC(C)=C[C@@H]1O[C@H]1C(=O)[C@@H](OC(=O)C(=C)C)[C@]2(C)[C@]12CO2. The minimum atomic E-state index is -1.07. The Morgan fingerprint density at radius 3 is 2.43 bits per heavy atom. The molecular weight excluding hydrogens is 388 g/mol. The minimum absolute atomic E-state index is 0.00979. The summed E-state index contributed by atoms with van der Waals surface area (Å²) >= 11 is 0. The van der Waals surface area contributed by atoms with Crippen LogP contribution in [0, 0.1) is 10.8 Å². The molecule has 2 saturated heterocycles. The molecule has 0 aromatic carbocycles. The minimum Gasteiger partial charge on any atom is -0.462 e. The Hall–Kier alpha value is -2.25. The predicted molar refractivity (Wildman–Crippen MR) is 106 cm³/mol. The van der Waals surface area contributed by atoms with Crippen LogP contribution >= 0.6 is 0 Å². The molecule has 0 unspecified atom stereocenters. The zero-order chi connectivity index (χ0) is 22.1. The monoisotopic (exact) mass is 416 g/mol. The molecular formula is C23H28O7. The number of rotatable bonds is 5. The average molecular weight is 416 g/mol. The Bertz CT molecular complexity index is 895. The first kappa shape index (κ1) is 21.0. The van der Waals surface area contributed by atoms with Crippen LogP contribution in [-0.2, 0) is 33.3 Å². The van der Waals surface area contributed by atoms with Gasteiger partial charge in [0.1, 0.15) is 12.2 Å². The summed E-state index contributed by atoms with van der Waals surface area (Å²) in [5, 5.41) is 0. The standard InChI is InChI=1S/C23H28O7/c1-12(2)19(25)27-10-22-8-7-14(5)9-15(22)29-18-16(24)17(30-20(26)13(3)4)21(22,6)23(18)11-28-23/h9,15,17-18H,1,3,7-8,10-11H2,2,4-6H3/t15-,17+,18-,21-,22-,23-/m0/s1. The van der Waals surface area contributed by atoms with Gasteiger partial charge in [-0.1, -0.05) is 31.7 Å². The van der Waals surface area contributed by atoms with E-state index in [1.165, 1.54) is 6.92 Å². The van der Waals surface area contributed by atoms with Crippen LogP contribution in [0.15, 0.2) is 36.0 Å². The maximum Gasteiger partial charge on any atom is 0.333 e. The van der Waals surface area contributed by atoms with Gasteiger partial charge in [-0.3, -0.25) is 4.79 Å². The van der Waals surface area contributed by atoms with Gasteiger partial charge in [0.05, 0.1) is 18.1 Å². The van der Waals surface area contributed by atoms with Gasteiger partial charge in [0.2, 0.25) is 5.78 Å². The van der Waals surface area contributed by atoms with Crippen molar-refractivity contribution in [2.24, 2.45) is 10.8 Å². The Kier molecular flexibility index (Phi) is 4.64.